The second-order valence-electron chi connectivity index (χ2n) is 22.5. The molecule has 6 nitrogen and oxygen atoms in total. The number of fused-ring (bicyclic) bond motifs is 6. The van der Waals surface area contributed by atoms with Crippen LogP contribution in [0.3, 0.4) is 0 Å². The molecule has 6 aromatic heterocycles. The maximum absolute atomic E-state index is 16.2. The minimum Gasteiger partial charge on any atom is -0.308 e. The molecule has 1 aliphatic rings. The Morgan fingerprint density at radius 2 is 0.524 bits per heavy atom. The number of amides is 3. The Balaban J connectivity index is 1.17. The number of rotatable bonds is 30. The summed E-state index contributed by atoms with van der Waals surface area (Å²) in [5.41, 5.74) is 6.39. The van der Waals surface area contributed by atoms with Crippen molar-refractivity contribution in [3.05, 3.63) is 160 Å². The number of carbonyl (C=O) groups excluding carboxylic acids is 3. The third kappa shape index (κ3) is 15.8. The van der Waals surface area contributed by atoms with Crippen molar-refractivity contribution >= 4 is 103 Å². The van der Waals surface area contributed by atoms with Crippen molar-refractivity contribution in [2.45, 2.75) is 156 Å². The largest absolute Gasteiger partial charge is 0.308 e. The molecule has 0 N–H and O–H groups in total. The minimum absolute atomic E-state index is 0.139. The molecule has 9 aromatic rings. The van der Waals surface area contributed by atoms with Crippen LogP contribution in [0.2, 0.25) is 0 Å². The van der Waals surface area contributed by atoms with Crippen LogP contribution < -0.4 is 14.7 Å². The van der Waals surface area contributed by atoms with Gasteiger partial charge in [0.15, 0.2) is 0 Å². The van der Waals surface area contributed by atoms with E-state index in [9.17, 15) is 0 Å². The molecule has 0 spiro atoms. The van der Waals surface area contributed by atoms with Crippen LogP contribution in [0.15, 0.2) is 144 Å². The standard InChI is InChI=1S/C72H81N3O3S6/c1-4-7-10-13-16-19-22-37-73-58-46-52(61-31-34-67(82-61)64-28-25-40-79-64)44-56(49-58)71(77)75(39-24-21-18-15-12-9-6-3)60-48-54(63-33-36-69(84-63)66-30-27-42-81-66)45-57(51-60)72(78)74(38-23-20-17-14-11-8-5-2)59-47-53(43-55(50-59)70(73)76)62-32-35-68(83-62)65-29-26-41-80-65/h25-36,40-51H,4-24,37-39H2,1-3H3. The molecule has 3 amide bonds. The van der Waals surface area contributed by atoms with Gasteiger partial charge in [0.1, 0.15) is 0 Å². The van der Waals surface area contributed by atoms with Gasteiger partial charge in [0, 0.05) is 97.3 Å². The molecule has 438 valence electrons. The second kappa shape index (κ2) is 31.1. The van der Waals surface area contributed by atoms with Gasteiger partial charge in [-0.15, -0.1) is 68.0 Å². The van der Waals surface area contributed by atoms with Crippen LogP contribution in [0.4, 0.5) is 17.1 Å². The van der Waals surface area contributed by atoms with Crippen LogP contribution in [0.1, 0.15) is 187 Å². The Hall–Kier alpha value is -5.73. The highest BCUT2D eigenvalue weighted by atomic mass is 32.1. The zero-order valence-corrected chi connectivity index (χ0v) is 54.2. The number of benzene rings is 3. The first-order valence-corrected chi connectivity index (χ1v) is 36.2. The number of anilines is 3. The molecule has 1 aliphatic heterocycles. The van der Waals surface area contributed by atoms with Crippen LogP contribution in [0.25, 0.3) is 60.6 Å². The maximum Gasteiger partial charge on any atom is 0.258 e. The molecular weight excluding hydrogens is 1150 g/mol. The summed E-state index contributed by atoms with van der Waals surface area (Å²) in [5, 5.41) is 6.34. The topological polar surface area (TPSA) is 60.9 Å². The third-order valence-electron chi connectivity index (χ3n) is 16.1. The van der Waals surface area contributed by atoms with Gasteiger partial charge in [-0.2, -0.15) is 0 Å². The average molecular weight is 1230 g/mol. The fourth-order valence-corrected chi connectivity index (χ4v) is 16.9. The quantitative estimate of drug-likeness (QED) is 0.0422. The highest BCUT2D eigenvalue weighted by Crippen LogP contribution is 2.43. The Kier molecular flexibility index (Phi) is 22.7. The van der Waals surface area contributed by atoms with E-state index in [0.29, 0.717) is 53.4 Å². The highest BCUT2D eigenvalue weighted by molar-refractivity contribution is 7.24. The van der Waals surface area contributed by atoms with Crippen LogP contribution in [0.5, 0.6) is 0 Å². The summed E-state index contributed by atoms with van der Waals surface area (Å²) in [6.07, 6.45) is 23.1. The molecule has 0 radical (unpaired) electrons. The molecular formula is C72H81N3O3S6. The predicted molar refractivity (Wildman–Crippen MR) is 368 cm³/mol. The Morgan fingerprint density at radius 3 is 0.786 bits per heavy atom. The molecule has 0 aliphatic carbocycles. The van der Waals surface area contributed by atoms with E-state index in [-0.39, 0.29) is 17.7 Å². The summed E-state index contributed by atoms with van der Waals surface area (Å²) in [4.78, 5) is 64.7. The number of hydrogen-bond acceptors (Lipinski definition) is 9. The molecule has 84 heavy (non-hydrogen) atoms. The number of thiophene rings is 6. The van der Waals surface area contributed by atoms with Crippen LogP contribution >= 0.6 is 68.0 Å². The van der Waals surface area contributed by atoms with E-state index < -0.39 is 0 Å². The van der Waals surface area contributed by atoms with Gasteiger partial charge in [0.2, 0.25) is 0 Å². The van der Waals surface area contributed by atoms with Crippen LogP contribution in [0, 0.1) is 0 Å². The summed E-state index contributed by atoms with van der Waals surface area (Å²) in [7, 11) is 0. The monoisotopic (exact) mass is 1230 g/mol. The molecule has 0 unspecified atom stereocenters. The first kappa shape index (κ1) is 61.4. The summed E-state index contributed by atoms with van der Waals surface area (Å²) >= 11 is 10.3. The zero-order valence-electron chi connectivity index (χ0n) is 49.3. The highest BCUT2D eigenvalue weighted by Gasteiger charge is 2.29. The van der Waals surface area contributed by atoms with Crippen molar-refractivity contribution in [2.24, 2.45) is 0 Å². The van der Waals surface area contributed by atoms with E-state index in [4.69, 9.17) is 0 Å². The lowest BCUT2D eigenvalue weighted by molar-refractivity contribution is 0.0975. The normalized spacial score (nSPS) is 12.9. The van der Waals surface area contributed by atoms with E-state index in [1.807, 2.05) is 32.9 Å². The average Bonchev–Trinajstić information content (AvgIpc) is 4.32. The smallest absolute Gasteiger partial charge is 0.258 e. The predicted octanol–water partition coefficient (Wildman–Crippen LogP) is 23.6. The second-order valence-corrected chi connectivity index (χ2v) is 28.6. The minimum atomic E-state index is -0.139. The van der Waals surface area contributed by atoms with E-state index in [1.165, 1.54) is 106 Å². The van der Waals surface area contributed by atoms with Crippen LogP contribution in [-0.2, 0) is 0 Å². The van der Waals surface area contributed by atoms with E-state index in [2.05, 4.69) is 146 Å². The fraction of sp³-hybridized carbons (Fsp3) is 0.375. The first-order chi connectivity index (χ1) is 41.3. The van der Waals surface area contributed by atoms with Gasteiger partial charge in [-0.05, 0) is 161 Å². The summed E-state index contributed by atoms with van der Waals surface area (Å²) in [6, 6.07) is 44.4. The maximum atomic E-state index is 16.2. The number of unbranched alkanes of at least 4 members (excludes halogenated alkanes) is 18. The van der Waals surface area contributed by atoms with Crippen molar-refractivity contribution < 1.29 is 14.4 Å². The van der Waals surface area contributed by atoms with Gasteiger partial charge in [0.05, 0.1) is 0 Å². The summed E-state index contributed by atoms with van der Waals surface area (Å²) in [5.74, 6) is -0.416. The molecule has 7 heterocycles. The van der Waals surface area contributed by atoms with E-state index in [1.54, 1.807) is 68.0 Å². The van der Waals surface area contributed by atoms with Gasteiger partial charge >= 0.3 is 0 Å². The van der Waals surface area contributed by atoms with Gasteiger partial charge in [-0.25, -0.2) is 0 Å². The van der Waals surface area contributed by atoms with Crippen molar-refractivity contribution in [2.75, 3.05) is 34.3 Å². The molecule has 0 atom stereocenters. The van der Waals surface area contributed by atoms with Gasteiger partial charge in [-0.1, -0.05) is 155 Å². The van der Waals surface area contributed by atoms with E-state index >= 15 is 14.4 Å². The molecule has 6 bridgehead atoms. The van der Waals surface area contributed by atoms with Crippen molar-refractivity contribution in [1.82, 2.24) is 0 Å². The fourth-order valence-electron chi connectivity index (χ4n) is 11.4. The lowest BCUT2D eigenvalue weighted by Crippen LogP contribution is -2.34. The molecule has 0 saturated heterocycles. The molecule has 0 fully saturated rings. The lowest BCUT2D eigenvalue weighted by atomic mass is 10.0. The molecule has 0 saturated carbocycles. The number of nitrogens with zero attached hydrogens (tertiary/aromatic N) is 3. The van der Waals surface area contributed by atoms with Crippen molar-refractivity contribution in [1.29, 1.82) is 0 Å². The van der Waals surface area contributed by atoms with Crippen LogP contribution in [-0.4, -0.2) is 37.4 Å². The Labute approximate surface area is 523 Å². The Bertz CT molecular complexity index is 3140. The summed E-state index contributed by atoms with van der Waals surface area (Å²) in [6.45, 7) is 8.21. The van der Waals surface area contributed by atoms with Gasteiger partial charge in [-0.3, -0.25) is 14.4 Å². The first-order valence-electron chi connectivity index (χ1n) is 31.1. The summed E-state index contributed by atoms with van der Waals surface area (Å²) < 4.78 is 0. The van der Waals surface area contributed by atoms with Gasteiger partial charge in [0.25, 0.3) is 17.7 Å². The van der Waals surface area contributed by atoms with Gasteiger partial charge < -0.3 is 14.7 Å². The third-order valence-corrected chi connectivity index (χ3v) is 22.7. The lowest BCUT2D eigenvalue weighted by Gasteiger charge is -2.27. The SMILES string of the molecule is CCCCCCCCCN1C(=O)c2cc(-c3ccc(-c4cccs4)s3)cc(c2)N(CCCCCCCCC)C(=O)c2cc(-c3ccc(-c4cccs4)s3)cc(c2)N(CCCCCCCCC)C(=O)c2cc(-c3ccc(-c4cccs4)s3)cc1c2. The molecule has 10 rings (SSSR count). The van der Waals surface area contributed by atoms with Crippen molar-refractivity contribution in [3.63, 3.8) is 0 Å². The van der Waals surface area contributed by atoms with E-state index in [0.717, 1.165) is 89.1 Å². The molecule has 12 heteroatoms. The molecule has 3 aromatic carbocycles. The van der Waals surface area contributed by atoms with Crippen molar-refractivity contribution in [3.8, 4) is 60.6 Å². The Morgan fingerprint density at radius 1 is 0.274 bits per heavy atom. The number of carbonyl (C=O) groups is 3. The number of hydrogen-bond donors (Lipinski definition) is 0. The zero-order chi connectivity index (χ0) is 58.0.